The number of unbranched alkanes of at least 4 members (excludes halogenated alkanes) is 3. The van der Waals surface area contributed by atoms with Gasteiger partial charge in [0.2, 0.25) is 0 Å². The quantitative estimate of drug-likeness (QED) is 0.737. The summed E-state index contributed by atoms with van der Waals surface area (Å²) < 4.78 is 5.66. The highest BCUT2D eigenvalue weighted by molar-refractivity contribution is 7.07. The third-order valence-corrected chi connectivity index (χ3v) is 3.63. The molecule has 0 unspecified atom stereocenters. The minimum absolute atomic E-state index is 0.190. The first-order valence-corrected chi connectivity index (χ1v) is 8.16. The van der Waals surface area contributed by atoms with Crippen molar-refractivity contribution >= 4 is 22.9 Å². The number of ether oxygens (including phenoxy) is 1. The summed E-state index contributed by atoms with van der Waals surface area (Å²) in [7, 11) is 0. The minimum atomic E-state index is -0.190. The predicted molar refractivity (Wildman–Crippen MR) is 86.1 cm³/mol. The van der Waals surface area contributed by atoms with Gasteiger partial charge in [-0.25, -0.2) is 4.98 Å². The second-order valence-electron chi connectivity index (χ2n) is 4.76. The largest absolute Gasteiger partial charge is 0.494 e. The maximum absolute atomic E-state index is 11.8. The minimum Gasteiger partial charge on any atom is -0.494 e. The van der Waals surface area contributed by atoms with Crippen LogP contribution in [0.25, 0.3) is 0 Å². The summed E-state index contributed by atoms with van der Waals surface area (Å²) in [5, 5.41) is 4.53. The van der Waals surface area contributed by atoms with Crippen LogP contribution in [-0.2, 0) is 0 Å². The van der Waals surface area contributed by atoms with Crippen molar-refractivity contribution in [2.45, 2.75) is 32.6 Å². The van der Waals surface area contributed by atoms with E-state index in [0.29, 0.717) is 5.69 Å². The molecule has 21 heavy (non-hydrogen) atoms. The first-order valence-electron chi connectivity index (χ1n) is 7.22. The van der Waals surface area contributed by atoms with Gasteiger partial charge in [-0.2, -0.15) is 0 Å². The third kappa shape index (κ3) is 5.19. The molecule has 112 valence electrons. The Bertz CT molecular complexity index is 538. The summed E-state index contributed by atoms with van der Waals surface area (Å²) in [6, 6.07) is 7.42. The van der Waals surface area contributed by atoms with E-state index in [1.165, 1.54) is 30.6 Å². The van der Waals surface area contributed by atoms with Crippen LogP contribution >= 0.6 is 11.3 Å². The summed E-state index contributed by atoms with van der Waals surface area (Å²) in [6.07, 6.45) is 4.77. The number of nitrogens with one attached hydrogen (secondary N) is 1. The van der Waals surface area contributed by atoms with Crippen molar-refractivity contribution in [3.8, 4) is 5.75 Å². The number of anilines is 1. The monoisotopic (exact) mass is 304 g/mol. The summed E-state index contributed by atoms with van der Waals surface area (Å²) in [5.74, 6) is 0.641. The van der Waals surface area contributed by atoms with Gasteiger partial charge in [0, 0.05) is 11.1 Å². The van der Waals surface area contributed by atoms with E-state index < -0.39 is 0 Å². The maximum atomic E-state index is 11.8. The highest BCUT2D eigenvalue weighted by Gasteiger charge is 2.07. The number of thiazole rings is 1. The number of benzene rings is 1. The zero-order chi connectivity index (χ0) is 14.9. The fourth-order valence-corrected chi connectivity index (χ4v) is 2.41. The number of hydrogen-bond donors (Lipinski definition) is 1. The zero-order valence-electron chi connectivity index (χ0n) is 12.2. The Morgan fingerprint density at radius 1 is 1.24 bits per heavy atom. The van der Waals surface area contributed by atoms with E-state index in [1.807, 2.05) is 24.3 Å². The highest BCUT2D eigenvalue weighted by Crippen LogP contribution is 2.17. The van der Waals surface area contributed by atoms with E-state index in [1.54, 1.807) is 10.9 Å². The SMILES string of the molecule is CCCCCCOc1ccc(NC(=O)c2cscn2)cc1. The van der Waals surface area contributed by atoms with Gasteiger partial charge in [0.1, 0.15) is 11.4 Å². The average Bonchev–Trinajstić information content (AvgIpc) is 3.03. The fraction of sp³-hybridized carbons (Fsp3) is 0.375. The van der Waals surface area contributed by atoms with Crippen LogP contribution in [0.5, 0.6) is 5.75 Å². The third-order valence-electron chi connectivity index (χ3n) is 3.04. The van der Waals surface area contributed by atoms with Crippen LogP contribution in [0, 0.1) is 0 Å². The van der Waals surface area contributed by atoms with Gasteiger partial charge in [-0.15, -0.1) is 11.3 Å². The molecule has 0 aliphatic carbocycles. The van der Waals surface area contributed by atoms with Gasteiger partial charge in [-0.1, -0.05) is 26.2 Å². The van der Waals surface area contributed by atoms with Crippen LogP contribution in [0.3, 0.4) is 0 Å². The van der Waals surface area contributed by atoms with Crippen molar-refractivity contribution in [3.63, 3.8) is 0 Å². The molecule has 2 rings (SSSR count). The van der Waals surface area contributed by atoms with Crippen molar-refractivity contribution in [2.24, 2.45) is 0 Å². The Labute approximate surface area is 129 Å². The van der Waals surface area contributed by atoms with Gasteiger partial charge >= 0.3 is 0 Å². The van der Waals surface area contributed by atoms with Gasteiger partial charge in [-0.05, 0) is 30.7 Å². The van der Waals surface area contributed by atoms with Gasteiger partial charge in [-0.3, -0.25) is 4.79 Å². The molecule has 1 aromatic heterocycles. The number of hydrogen-bond acceptors (Lipinski definition) is 4. The molecule has 4 nitrogen and oxygen atoms in total. The molecule has 0 radical (unpaired) electrons. The van der Waals surface area contributed by atoms with E-state index >= 15 is 0 Å². The highest BCUT2D eigenvalue weighted by atomic mass is 32.1. The molecule has 0 spiro atoms. The fourth-order valence-electron chi connectivity index (χ4n) is 1.87. The summed E-state index contributed by atoms with van der Waals surface area (Å²) >= 11 is 1.40. The maximum Gasteiger partial charge on any atom is 0.275 e. The van der Waals surface area contributed by atoms with Crippen molar-refractivity contribution < 1.29 is 9.53 Å². The molecule has 0 saturated carbocycles. The van der Waals surface area contributed by atoms with Crippen molar-refractivity contribution in [1.82, 2.24) is 4.98 Å². The first kappa shape index (κ1) is 15.5. The summed E-state index contributed by atoms with van der Waals surface area (Å²) in [5.41, 5.74) is 2.83. The molecule has 0 bridgehead atoms. The Hall–Kier alpha value is -1.88. The van der Waals surface area contributed by atoms with Gasteiger partial charge in [0.15, 0.2) is 0 Å². The second-order valence-corrected chi connectivity index (χ2v) is 5.48. The Balaban J connectivity index is 1.78. The molecule has 0 atom stereocenters. The number of carbonyl (C=O) groups excluding carboxylic acids is 1. The normalized spacial score (nSPS) is 10.3. The van der Waals surface area contributed by atoms with Crippen LogP contribution in [0.2, 0.25) is 0 Å². The molecular formula is C16H20N2O2S. The van der Waals surface area contributed by atoms with E-state index in [0.717, 1.165) is 24.5 Å². The first-order chi connectivity index (χ1) is 10.3. The molecule has 0 aliphatic heterocycles. The van der Waals surface area contributed by atoms with Gasteiger partial charge in [0.25, 0.3) is 5.91 Å². The molecular weight excluding hydrogens is 284 g/mol. The molecule has 0 fully saturated rings. The summed E-state index contributed by atoms with van der Waals surface area (Å²) in [4.78, 5) is 15.8. The van der Waals surface area contributed by atoms with Crippen molar-refractivity contribution in [3.05, 3.63) is 40.8 Å². The molecule has 5 heteroatoms. The summed E-state index contributed by atoms with van der Waals surface area (Å²) in [6.45, 7) is 2.93. The van der Waals surface area contributed by atoms with Crippen LogP contribution < -0.4 is 10.1 Å². The number of amides is 1. The molecule has 1 aromatic carbocycles. The Morgan fingerprint density at radius 3 is 2.71 bits per heavy atom. The second kappa shape index (κ2) is 8.42. The van der Waals surface area contributed by atoms with Crippen LogP contribution in [-0.4, -0.2) is 17.5 Å². The lowest BCUT2D eigenvalue weighted by molar-refractivity contribution is 0.102. The van der Waals surface area contributed by atoms with Gasteiger partial charge in [0.05, 0.1) is 12.1 Å². The van der Waals surface area contributed by atoms with Crippen LogP contribution in [0.4, 0.5) is 5.69 Å². The van der Waals surface area contributed by atoms with Crippen LogP contribution in [0.15, 0.2) is 35.2 Å². The van der Waals surface area contributed by atoms with Crippen LogP contribution in [0.1, 0.15) is 43.1 Å². The average molecular weight is 304 g/mol. The van der Waals surface area contributed by atoms with Gasteiger partial charge < -0.3 is 10.1 Å². The molecule has 1 N–H and O–H groups in total. The lowest BCUT2D eigenvalue weighted by atomic mass is 10.2. The van der Waals surface area contributed by atoms with E-state index in [-0.39, 0.29) is 5.91 Å². The van der Waals surface area contributed by atoms with E-state index in [4.69, 9.17) is 4.74 Å². The predicted octanol–water partition coefficient (Wildman–Crippen LogP) is 4.35. The van der Waals surface area contributed by atoms with Crippen molar-refractivity contribution in [1.29, 1.82) is 0 Å². The molecule has 0 aliphatic rings. The molecule has 1 amide bonds. The van der Waals surface area contributed by atoms with Crippen molar-refractivity contribution in [2.75, 3.05) is 11.9 Å². The Kier molecular flexibility index (Phi) is 6.22. The van der Waals surface area contributed by atoms with E-state index in [9.17, 15) is 4.79 Å². The molecule has 0 saturated heterocycles. The number of aromatic nitrogens is 1. The zero-order valence-corrected chi connectivity index (χ0v) is 13.0. The topological polar surface area (TPSA) is 51.2 Å². The van der Waals surface area contributed by atoms with E-state index in [2.05, 4.69) is 17.2 Å². The Morgan fingerprint density at radius 2 is 2.05 bits per heavy atom. The standard InChI is InChI=1S/C16H20N2O2S/c1-2-3-4-5-10-20-14-8-6-13(7-9-14)18-16(19)15-11-21-12-17-15/h6-9,11-12H,2-5,10H2,1H3,(H,18,19). The number of carbonyl (C=O) groups is 1. The lowest BCUT2D eigenvalue weighted by Gasteiger charge is -2.07. The number of nitrogens with zero attached hydrogens (tertiary/aromatic N) is 1. The number of rotatable bonds is 8. The molecule has 1 heterocycles. The molecule has 2 aromatic rings. The smallest absolute Gasteiger partial charge is 0.275 e. The lowest BCUT2D eigenvalue weighted by Crippen LogP contribution is -2.11.